The second kappa shape index (κ2) is 7.78. The summed E-state index contributed by atoms with van der Waals surface area (Å²) in [7, 11) is 0. The van der Waals surface area contributed by atoms with Crippen molar-refractivity contribution in [3.63, 3.8) is 0 Å². The summed E-state index contributed by atoms with van der Waals surface area (Å²) < 4.78 is 0. The van der Waals surface area contributed by atoms with Gasteiger partial charge in [0.15, 0.2) is 0 Å². The van der Waals surface area contributed by atoms with E-state index in [1.54, 1.807) is 0 Å². The summed E-state index contributed by atoms with van der Waals surface area (Å²) in [4.78, 5) is 12.1. The molecule has 0 aliphatic carbocycles. The van der Waals surface area contributed by atoms with Crippen molar-refractivity contribution >= 4 is 5.91 Å². The molecule has 18 heavy (non-hydrogen) atoms. The second-order valence-corrected chi connectivity index (χ2v) is 6.29. The normalized spacial score (nSPS) is 26.1. The summed E-state index contributed by atoms with van der Waals surface area (Å²) in [6, 6.07) is 0.808. The Kier molecular flexibility index (Phi) is 6.69. The van der Waals surface area contributed by atoms with Crippen molar-refractivity contribution < 1.29 is 4.79 Å². The van der Waals surface area contributed by atoms with Gasteiger partial charge in [0, 0.05) is 12.1 Å². The maximum Gasteiger partial charge on any atom is 0.237 e. The van der Waals surface area contributed by atoms with E-state index in [1.807, 2.05) is 0 Å². The Morgan fingerprint density at radius 2 is 2.00 bits per heavy atom. The third kappa shape index (κ3) is 5.85. The third-order valence-electron chi connectivity index (χ3n) is 3.74. The van der Waals surface area contributed by atoms with E-state index in [1.165, 1.54) is 19.3 Å². The van der Waals surface area contributed by atoms with Crippen molar-refractivity contribution in [3.8, 4) is 0 Å². The van der Waals surface area contributed by atoms with Gasteiger partial charge >= 0.3 is 0 Å². The van der Waals surface area contributed by atoms with Crippen molar-refractivity contribution in [2.24, 2.45) is 5.92 Å². The van der Waals surface area contributed by atoms with Gasteiger partial charge in [-0.05, 0) is 45.4 Å². The summed E-state index contributed by atoms with van der Waals surface area (Å²) >= 11 is 0. The van der Waals surface area contributed by atoms with E-state index in [4.69, 9.17) is 0 Å². The predicted molar refractivity (Wildman–Crippen MR) is 76.5 cm³/mol. The van der Waals surface area contributed by atoms with Crippen molar-refractivity contribution in [1.29, 1.82) is 0 Å². The molecule has 1 saturated heterocycles. The van der Waals surface area contributed by atoms with Gasteiger partial charge in [0.1, 0.15) is 0 Å². The van der Waals surface area contributed by atoms with E-state index < -0.39 is 0 Å². The van der Waals surface area contributed by atoms with E-state index in [0.717, 1.165) is 25.2 Å². The molecule has 0 spiro atoms. The SMILES string of the molecule is CC(C)CCCC(C)NC(=O)C1CCCC(C)N1. The molecule has 3 heteroatoms. The van der Waals surface area contributed by atoms with Crippen LogP contribution in [0.2, 0.25) is 0 Å². The molecule has 3 nitrogen and oxygen atoms in total. The Morgan fingerprint density at radius 3 is 2.61 bits per heavy atom. The molecule has 0 saturated carbocycles. The second-order valence-electron chi connectivity index (χ2n) is 6.29. The fourth-order valence-corrected chi connectivity index (χ4v) is 2.59. The first-order valence-electron chi connectivity index (χ1n) is 7.55. The number of nitrogens with one attached hydrogen (secondary N) is 2. The number of piperidine rings is 1. The molecule has 1 amide bonds. The fourth-order valence-electron chi connectivity index (χ4n) is 2.59. The van der Waals surface area contributed by atoms with Crippen LogP contribution in [-0.2, 0) is 4.79 Å². The molecule has 2 N–H and O–H groups in total. The van der Waals surface area contributed by atoms with Crippen molar-refractivity contribution in [2.45, 2.75) is 84.3 Å². The lowest BCUT2D eigenvalue weighted by molar-refractivity contribution is -0.124. The topological polar surface area (TPSA) is 41.1 Å². The quantitative estimate of drug-likeness (QED) is 0.765. The largest absolute Gasteiger partial charge is 0.352 e. The van der Waals surface area contributed by atoms with Gasteiger partial charge in [-0.25, -0.2) is 0 Å². The highest BCUT2D eigenvalue weighted by atomic mass is 16.2. The molecule has 0 aromatic rings. The minimum absolute atomic E-state index is 0.0290. The van der Waals surface area contributed by atoms with Crippen molar-refractivity contribution in [1.82, 2.24) is 10.6 Å². The molecular formula is C15H30N2O. The van der Waals surface area contributed by atoms with E-state index in [2.05, 4.69) is 38.3 Å². The molecule has 106 valence electrons. The van der Waals surface area contributed by atoms with Crippen LogP contribution < -0.4 is 10.6 Å². The molecular weight excluding hydrogens is 224 g/mol. The standard InChI is InChI=1S/C15H30N2O/c1-11(2)7-5-8-13(4)17-15(18)14-10-6-9-12(3)16-14/h11-14,16H,5-10H2,1-4H3,(H,17,18). The zero-order valence-corrected chi connectivity index (χ0v) is 12.5. The average Bonchev–Trinajstić information content (AvgIpc) is 2.28. The van der Waals surface area contributed by atoms with Gasteiger partial charge in [-0.15, -0.1) is 0 Å². The van der Waals surface area contributed by atoms with Gasteiger partial charge in [0.2, 0.25) is 5.91 Å². The maximum atomic E-state index is 12.1. The van der Waals surface area contributed by atoms with E-state index in [0.29, 0.717) is 12.1 Å². The van der Waals surface area contributed by atoms with Crippen molar-refractivity contribution in [2.75, 3.05) is 0 Å². The van der Waals surface area contributed by atoms with Crippen LogP contribution in [0.4, 0.5) is 0 Å². The Morgan fingerprint density at radius 1 is 1.28 bits per heavy atom. The monoisotopic (exact) mass is 254 g/mol. The molecule has 1 aliphatic heterocycles. The van der Waals surface area contributed by atoms with Crippen LogP contribution in [0.3, 0.4) is 0 Å². The Labute approximate surface area is 112 Å². The van der Waals surface area contributed by atoms with Gasteiger partial charge in [0.05, 0.1) is 6.04 Å². The summed E-state index contributed by atoms with van der Waals surface area (Å²) in [6.07, 6.45) is 6.87. The van der Waals surface area contributed by atoms with E-state index >= 15 is 0 Å². The summed E-state index contributed by atoms with van der Waals surface area (Å²) in [5, 5.41) is 6.53. The number of carbonyl (C=O) groups is 1. The van der Waals surface area contributed by atoms with Gasteiger partial charge in [0.25, 0.3) is 0 Å². The van der Waals surface area contributed by atoms with Crippen LogP contribution in [0.1, 0.15) is 66.2 Å². The smallest absolute Gasteiger partial charge is 0.237 e. The first-order valence-corrected chi connectivity index (χ1v) is 7.55. The van der Waals surface area contributed by atoms with E-state index in [9.17, 15) is 4.79 Å². The number of carbonyl (C=O) groups excluding carboxylic acids is 1. The first-order chi connectivity index (χ1) is 8.49. The fraction of sp³-hybridized carbons (Fsp3) is 0.933. The summed E-state index contributed by atoms with van der Waals surface area (Å²) in [5.41, 5.74) is 0. The van der Waals surface area contributed by atoms with Crippen LogP contribution in [0.15, 0.2) is 0 Å². The zero-order valence-electron chi connectivity index (χ0n) is 12.5. The average molecular weight is 254 g/mol. The Bertz CT molecular complexity index is 253. The summed E-state index contributed by atoms with van der Waals surface area (Å²) in [5.74, 6) is 0.951. The Balaban J connectivity index is 2.21. The highest BCUT2D eigenvalue weighted by Crippen LogP contribution is 2.13. The highest BCUT2D eigenvalue weighted by molar-refractivity contribution is 5.82. The predicted octanol–water partition coefficient (Wildman–Crippen LogP) is 2.85. The van der Waals surface area contributed by atoms with Crippen LogP contribution in [0, 0.1) is 5.92 Å². The number of rotatable bonds is 6. The minimum Gasteiger partial charge on any atom is -0.352 e. The Hall–Kier alpha value is -0.570. The lowest BCUT2D eigenvalue weighted by Crippen LogP contribution is -2.51. The molecule has 1 heterocycles. The number of amides is 1. The molecule has 0 radical (unpaired) electrons. The maximum absolute atomic E-state index is 12.1. The zero-order chi connectivity index (χ0) is 13.5. The molecule has 3 atom stereocenters. The number of hydrogen-bond donors (Lipinski definition) is 2. The molecule has 1 aliphatic rings. The lowest BCUT2D eigenvalue weighted by Gasteiger charge is -2.29. The minimum atomic E-state index is 0.0290. The van der Waals surface area contributed by atoms with Crippen LogP contribution in [-0.4, -0.2) is 24.0 Å². The van der Waals surface area contributed by atoms with Gasteiger partial charge < -0.3 is 10.6 Å². The number of hydrogen-bond acceptors (Lipinski definition) is 2. The van der Waals surface area contributed by atoms with Crippen molar-refractivity contribution in [3.05, 3.63) is 0 Å². The van der Waals surface area contributed by atoms with E-state index in [-0.39, 0.29) is 11.9 Å². The van der Waals surface area contributed by atoms with Gasteiger partial charge in [-0.1, -0.05) is 26.7 Å². The summed E-state index contributed by atoms with van der Waals surface area (Å²) in [6.45, 7) is 8.77. The first kappa shape index (κ1) is 15.5. The third-order valence-corrected chi connectivity index (χ3v) is 3.74. The molecule has 0 bridgehead atoms. The molecule has 1 fully saturated rings. The molecule has 1 rings (SSSR count). The van der Waals surface area contributed by atoms with Crippen LogP contribution in [0.5, 0.6) is 0 Å². The highest BCUT2D eigenvalue weighted by Gasteiger charge is 2.24. The van der Waals surface area contributed by atoms with Crippen LogP contribution >= 0.6 is 0 Å². The van der Waals surface area contributed by atoms with Gasteiger partial charge in [-0.3, -0.25) is 4.79 Å². The van der Waals surface area contributed by atoms with Gasteiger partial charge in [-0.2, -0.15) is 0 Å². The van der Waals surface area contributed by atoms with Crippen LogP contribution in [0.25, 0.3) is 0 Å². The molecule has 0 aromatic carbocycles. The molecule has 0 aromatic heterocycles. The molecule has 3 unspecified atom stereocenters. The lowest BCUT2D eigenvalue weighted by atomic mass is 9.98.